The van der Waals surface area contributed by atoms with E-state index in [9.17, 15) is 4.79 Å². The number of carbonyl (C=O) groups excluding carboxylic acids is 1. The van der Waals surface area contributed by atoms with Crippen molar-refractivity contribution in [3.63, 3.8) is 0 Å². The first-order valence-corrected chi connectivity index (χ1v) is 8.56. The van der Waals surface area contributed by atoms with Crippen LogP contribution < -0.4 is 0 Å². The summed E-state index contributed by atoms with van der Waals surface area (Å²) in [6, 6.07) is 17.8. The molecule has 0 fully saturated rings. The summed E-state index contributed by atoms with van der Waals surface area (Å²) in [4.78, 5) is 18.9. The molecule has 2 aromatic rings. The largest absolute Gasteiger partial charge is 0.328 e. The molecular formula is C21H16N2OS. The lowest BCUT2D eigenvalue weighted by atomic mass is 10.0. The monoisotopic (exact) mass is 344 g/mol. The molecule has 4 rings (SSSR count). The Morgan fingerprint density at radius 1 is 1.00 bits per heavy atom. The van der Waals surface area contributed by atoms with Gasteiger partial charge >= 0.3 is 0 Å². The summed E-state index contributed by atoms with van der Waals surface area (Å²) in [6.07, 6.45) is 7.86. The van der Waals surface area contributed by atoms with Crippen LogP contribution in [-0.4, -0.2) is 34.1 Å². The molecule has 1 aliphatic heterocycles. The van der Waals surface area contributed by atoms with Crippen LogP contribution in [0.1, 0.15) is 10.4 Å². The molecule has 4 heteroatoms. The maximum absolute atomic E-state index is 12.7. The van der Waals surface area contributed by atoms with Gasteiger partial charge in [-0.2, -0.15) is 0 Å². The molecule has 1 unspecified atom stereocenters. The van der Waals surface area contributed by atoms with Crippen molar-refractivity contribution >= 4 is 28.8 Å². The highest BCUT2D eigenvalue weighted by Crippen LogP contribution is 2.22. The van der Waals surface area contributed by atoms with Crippen LogP contribution >= 0.6 is 12.2 Å². The number of thiocarbonyl (C=S) groups is 1. The van der Waals surface area contributed by atoms with Gasteiger partial charge in [0.1, 0.15) is 0 Å². The molecule has 25 heavy (non-hydrogen) atoms. The van der Waals surface area contributed by atoms with Crippen molar-refractivity contribution in [1.82, 2.24) is 4.90 Å². The molecule has 0 radical (unpaired) electrons. The van der Waals surface area contributed by atoms with Crippen molar-refractivity contribution in [3.8, 4) is 11.1 Å². The summed E-state index contributed by atoms with van der Waals surface area (Å²) in [7, 11) is 0. The molecule has 0 N–H and O–H groups in total. The number of hydrogen-bond donors (Lipinski definition) is 0. The number of aliphatic imine (C=N–C) groups is 1. The number of ketones is 1. The van der Waals surface area contributed by atoms with Gasteiger partial charge in [0.05, 0.1) is 18.3 Å². The number of rotatable bonds is 4. The van der Waals surface area contributed by atoms with Gasteiger partial charge in [0.15, 0.2) is 10.9 Å². The maximum Gasteiger partial charge on any atom is 0.196 e. The predicted molar refractivity (Wildman–Crippen MR) is 105 cm³/mol. The minimum Gasteiger partial charge on any atom is -0.328 e. The van der Waals surface area contributed by atoms with Crippen LogP contribution in [0.3, 0.4) is 0 Å². The van der Waals surface area contributed by atoms with Crippen molar-refractivity contribution < 1.29 is 4.79 Å². The predicted octanol–water partition coefficient (Wildman–Crippen LogP) is 4.07. The fraction of sp³-hybridized carbons (Fsp3) is 0.0952. The number of allylic oxidation sites excluding steroid dienone is 2. The molecule has 1 atom stereocenters. The SMILES string of the molecule is O=C(CN1C(=S)N=C2C=CC=CC21)c1ccc(-c2ccccc2)cc1. The zero-order chi connectivity index (χ0) is 17.2. The van der Waals surface area contributed by atoms with E-state index >= 15 is 0 Å². The number of nitrogens with zero attached hydrogens (tertiary/aromatic N) is 2. The molecule has 2 aliphatic rings. The van der Waals surface area contributed by atoms with Gasteiger partial charge in [-0.25, -0.2) is 4.99 Å². The van der Waals surface area contributed by atoms with Crippen LogP contribution in [0.4, 0.5) is 0 Å². The summed E-state index contributed by atoms with van der Waals surface area (Å²) >= 11 is 5.33. The second-order valence-electron chi connectivity index (χ2n) is 6.00. The van der Waals surface area contributed by atoms with Crippen LogP contribution in [0.5, 0.6) is 0 Å². The first kappa shape index (κ1) is 15.7. The molecule has 3 nitrogen and oxygen atoms in total. The van der Waals surface area contributed by atoms with Gasteiger partial charge in [0.2, 0.25) is 0 Å². The van der Waals surface area contributed by atoms with Gasteiger partial charge in [-0.3, -0.25) is 4.79 Å². The Morgan fingerprint density at radius 3 is 2.48 bits per heavy atom. The minimum atomic E-state index is -0.0231. The maximum atomic E-state index is 12.7. The summed E-state index contributed by atoms with van der Waals surface area (Å²) in [6.45, 7) is 0.235. The minimum absolute atomic E-state index is 0.0231. The Morgan fingerprint density at radius 2 is 1.72 bits per heavy atom. The van der Waals surface area contributed by atoms with Gasteiger partial charge in [0.25, 0.3) is 0 Å². The fourth-order valence-corrected chi connectivity index (χ4v) is 3.36. The van der Waals surface area contributed by atoms with E-state index in [0.717, 1.165) is 16.8 Å². The molecule has 0 bridgehead atoms. The standard InChI is InChI=1S/C21H16N2OS/c24-20(14-23-19-9-5-4-8-18(19)22-21(23)25)17-12-10-16(11-13-17)15-6-2-1-3-7-15/h1-13,19H,14H2. The normalized spacial score (nSPS) is 18.2. The van der Waals surface area contributed by atoms with Crippen molar-refractivity contribution in [3.05, 3.63) is 84.5 Å². The molecule has 0 aromatic heterocycles. The second kappa shape index (κ2) is 6.57. The summed E-state index contributed by atoms with van der Waals surface area (Å²) < 4.78 is 0. The topological polar surface area (TPSA) is 32.7 Å². The molecule has 0 saturated carbocycles. The fourth-order valence-electron chi connectivity index (χ4n) is 3.07. The summed E-state index contributed by atoms with van der Waals surface area (Å²) in [5.74, 6) is 0.0429. The third kappa shape index (κ3) is 3.08. The van der Waals surface area contributed by atoms with E-state index in [1.54, 1.807) is 0 Å². The number of Topliss-reactive ketones (excluding diaryl/α,β-unsaturated/α-hetero) is 1. The van der Waals surface area contributed by atoms with Crippen LogP contribution in [0, 0.1) is 0 Å². The van der Waals surface area contributed by atoms with Crippen molar-refractivity contribution in [2.24, 2.45) is 4.99 Å². The zero-order valence-electron chi connectivity index (χ0n) is 13.5. The molecular weight excluding hydrogens is 328 g/mol. The lowest BCUT2D eigenvalue weighted by molar-refractivity contribution is 0.0963. The van der Waals surface area contributed by atoms with E-state index in [4.69, 9.17) is 12.2 Å². The lowest BCUT2D eigenvalue weighted by Gasteiger charge is -2.24. The Labute approximate surface area is 152 Å². The van der Waals surface area contributed by atoms with Gasteiger partial charge in [-0.1, -0.05) is 72.8 Å². The van der Waals surface area contributed by atoms with E-state index in [-0.39, 0.29) is 18.4 Å². The molecule has 2 aromatic carbocycles. The summed E-state index contributed by atoms with van der Waals surface area (Å²) in [5.41, 5.74) is 3.82. The average Bonchev–Trinajstić information content (AvgIpc) is 2.98. The van der Waals surface area contributed by atoms with Crippen molar-refractivity contribution in [2.75, 3.05) is 6.54 Å². The van der Waals surface area contributed by atoms with Crippen LogP contribution in [-0.2, 0) is 0 Å². The highest BCUT2D eigenvalue weighted by molar-refractivity contribution is 7.80. The lowest BCUT2D eigenvalue weighted by Crippen LogP contribution is -2.39. The average molecular weight is 344 g/mol. The Kier molecular flexibility index (Phi) is 4.12. The van der Waals surface area contributed by atoms with Gasteiger partial charge in [-0.15, -0.1) is 0 Å². The third-order valence-electron chi connectivity index (χ3n) is 4.41. The number of carbonyl (C=O) groups is 1. The number of hydrogen-bond acceptors (Lipinski definition) is 2. The highest BCUT2D eigenvalue weighted by Gasteiger charge is 2.31. The molecule has 1 aliphatic carbocycles. The van der Waals surface area contributed by atoms with E-state index in [2.05, 4.69) is 17.1 Å². The zero-order valence-corrected chi connectivity index (χ0v) is 14.3. The molecule has 1 heterocycles. The molecule has 0 spiro atoms. The molecule has 122 valence electrons. The van der Waals surface area contributed by atoms with Crippen molar-refractivity contribution in [2.45, 2.75) is 6.04 Å². The third-order valence-corrected chi connectivity index (χ3v) is 4.73. The Bertz CT molecular complexity index is 911. The molecule has 0 amide bonds. The van der Waals surface area contributed by atoms with E-state index in [1.165, 1.54) is 0 Å². The van der Waals surface area contributed by atoms with Gasteiger partial charge in [0, 0.05) is 5.56 Å². The first-order chi connectivity index (χ1) is 12.2. The van der Waals surface area contributed by atoms with Crippen molar-refractivity contribution in [1.29, 1.82) is 0 Å². The van der Waals surface area contributed by atoms with Gasteiger partial charge < -0.3 is 4.90 Å². The number of fused-ring (bicyclic) bond motifs is 1. The second-order valence-corrected chi connectivity index (χ2v) is 6.37. The Balaban J connectivity index is 1.49. The Hall–Kier alpha value is -2.85. The van der Waals surface area contributed by atoms with Crippen LogP contribution in [0.2, 0.25) is 0 Å². The van der Waals surface area contributed by atoms with Crippen LogP contribution in [0.25, 0.3) is 11.1 Å². The van der Waals surface area contributed by atoms with E-state index in [1.807, 2.05) is 71.7 Å². The quantitative estimate of drug-likeness (QED) is 0.619. The number of benzene rings is 2. The molecule has 0 saturated heterocycles. The van der Waals surface area contributed by atoms with E-state index < -0.39 is 0 Å². The first-order valence-electron chi connectivity index (χ1n) is 8.15. The smallest absolute Gasteiger partial charge is 0.196 e. The van der Waals surface area contributed by atoms with Gasteiger partial charge in [-0.05, 0) is 29.4 Å². The van der Waals surface area contributed by atoms with Crippen LogP contribution in [0.15, 0.2) is 83.9 Å². The van der Waals surface area contributed by atoms with E-state index in [0.29, 0.717) is 10.7 Å². The highest BCUT2D eigenvalue weighted by atomic mass is 32.1. The summed E-state index contributed by atoms with van der Waals surface area (Å²) in [5, 5.41) is 0.477.